The Kier molecular flexibility index (Phi) is 7.76. The fraction of sp³-hybridized carbons (Fsp3) is 0.296. The molecule has 0 spiro atoms. The molecule has 1 N–H and O–H groups in total. The topological polar surface area (TPSA) is 84.9 Å². The van der Waals surface area contributed by atoms with E-state index >= 15 is 0 Å². The number of amides is 1. The average Bonchev–Trinajstić information content (AvgIpc) is 2.87. The highest BCUT2D eigenvalue weighted by Gasteiger charge is 2.29. The fourth-order valence-electron chi connectivity index (χ4n) is 4.53. The van der Waals surface area contributed by atoms with Crippen LogP contribution in [0.15, 0.2) is 60.7 Å². The van der Waals surface area contributed by atoms with E-state index in [0.29, 0.717) is 22.1 Å². The van der Waals surface area contributed by atoms with Gasteiger partial charge < -0.3 is 14.8 Å². The summed E-state index contributed by atoms with van der Waals surface area (Å²) < 4.78 is 38.0. The van der Waals surface area contributed by atoms with Crippen molar-refractivity contribution in [3.05, 3.63) is 87.9 Å². The summed E-state index contributed by atoms with van der Waals surface area (Å²) in [6.07, 6.45) is 3.82. The molecule has 0 unspecified atom stereocenters. The summed E-state index contributed by atoms with van der Waals surface area (Å²) >= 11 is 6.01. The first-order valence-corrected chi connectivity index (χ1v) is 13.8. The highest BCUT2D eigenvalue weighted by molar-refractivity contribution is 7.92. The molecule has 0 bridgehead atoms. The van der Waals surface area contributed by atoms with Crippen LogP contribution >= 0.6 is 11.6 Å². The van der Waals surface area contributed by atoms with E-state index in [9.17, 15) is 13.2 Å². The van der Waals surface area contributed by atoms with Crippen molar-refractivity contribution >= 4 is 33.2 Å². The molecular formula is C27H29ClN2O5S. The minimum absolute atomic E-state index is 0.0119. The number of hydrogen-bond acceptors (Lipinski definition) is 5. The van der Waals surface area contributed by atoms with Gasteiger partial charge in [-0.25, -0.2) is 8.42 Å². The van der Waals surface area contributed by atoms with Crippen molar-refractivity contribution in [1.29, 1.82) is 0 Å². The Hall–Kier alpha value is -3.23. The molecule has 4 rings (SSSR count). The Labute approximate surface area is 217 Å². The van der Waals surface area contributed by atoms with E-state index in [1.54, 1.807) is 24.3 Å². The van der Waals surface area contributed by atoms with E-state index in [-0.39, 0.29) is 23.8 Å². The number of anilines is 1. The average molecular weight is 529 g/mol. The van der Waals surface area contributed by atoms with Crippen LogP contribution in [0.25, 0.3) is 0 Å². The number of carbonyl (C=O) groups excluding carboxylic acids is 1. The number of carbonyl (C=O) groups is 1. The lowest BCUT2D eigenvalue weighted by atomic mass is 9.87. The lowest BCUT2D eigenvalue weighted by Gasteiger charge is -2.29. The fourth-order valence-corrected chi connectivity index (χ4v) is 5.55. The van der Waals surface area contributed by atoms with Crippen LogP contribution < -0.4 is 19.1 Å². The van der Waals surface area contributed by atoms with Crippen molar-refractivity contribution in [2.45, 2.75) is 31.8 Å². The normalized spacial score (nSPS) is 15.1. The Morgan fingerprint density at radius 2 is 1.72 bits per heavy atom. The zero-order valence-electron chi connectivity index (χ0n) is 20.5. The molecule has 0 saturated carbocycles. The molecule has 0 saturated heterocycles. The van der Waals surface area contributed by atoms with Crippen LogP contribution in [-0.4, -0.2) is 34.8 Å². The van der Waals surface area contributed by atoms with E-state index in [0.717, 1.165) is 31.1 Å². The van der Waals surface area contributed by atoms with Gasteiger partial charge in [0.05, 0.1) is 44.3 Å². The Bertz CT molecular complexity index is 1360. The first kappa shape index (κ1) is 25.9. The van der Waals surface area contributed by atoms with E-state index in [2.05, 4.69) is 11.4 Å². The number of rotatable bonds is 8. The van der Waals surface area contributed by atoms with Crippen molar-refractivity contribution < 1.29 is 22.7 Å². The zero-order valence-corrected chi connectivity index (χ0v) is 22.0. The minimum atomic E-state index is -3.78. The molecule has 1 aliphatic carbocycles. The summed E-state index contributed by atoms with van der Waals surface area (Å²) in [7, 11) is -0.851. The second-order valence-electron chi connectivity index (χ2n) is 8.74. The van der Waals surface area contributed by atoms with Gasteiger partial charge in [0.1, 0.15) is 0 Å². The standard InChI is InChI=1S/C27H29ClN2O5S/c1-34-25-15-22(27(31)29-23-10-6-8-19-7-4-5-9-21(19)23)24(16-26(25)35-2)30(36(3,32)33)17-18-11-13-20(28)14-12-18/h4-5,7,9,11-16,23H,6,8,10,17H2,1-3H3,(H,29,31)/t23-/m1/s1. The molecule has 0 radical (unpaired) electrons. The van der Waals surface area contributed by atoms with Gasteiger partial charge in [-0.2, -0.15) is 0 Å². The van der Waals surface area contributed by atoms with Crippen molar-refractivity contribution in [2.75, 3.05) is 24.8 Å². The van der Waals surface area contributed by atoms with Crippen LogP contribution in [-0.2, 0) is 23.0 Å². The number of aryl methyl sites for hydroxylation is 1. The predicted molar refractivity (Wildman–Crippen MR) is 142 cm³/mol. The Morgan fingerprint density at radius 3 is 2.39 bits per heavy atom. The summed E-state index contributed by atoms with van der Waals surface area (Å²) in [5, 5.41) is 3.67. The molecular weight excluding hydrogens is 500 g/mol. The SMILES string of the molecule is COc1cc(C(=O)N[C@@H]2CCCc3ccccc32)c(N(Cc2ccc(Cl)cc2)S(C)(=O)=O)cc1OC. The van der Waals surface area contributed by atoms with Crippen molar-refractivity contribution in [1.82, 2.24) is 5.32 Å². The molecule has 0 aliphatic heterocycles. The molecule has 1 aliphatic rings. The molecule has 36 heavy (non-hydrogen) atoms. The zero-order chi connectivity index (χ0) is 25.9. The minimum Gasteiger partial charge on any atom is -0.493 e. The smallest absolute Gasteiger partial charge is 0.254 e. The number of benzene rings is 3. The van der Waals surface area contributed by atoms with Crippen molar-refractivity contribution in [2.24, 2.45) is 0 Å². The molecule has 0 fully saturated rings. The highest BCUT2D eigenvalue weighted by atomic mass is 35.5. The lowest BCUT2D eigenvalue weighted by molar-refractivity contribution is 0.0933. The first-order chi connectivity index (χ1) is 17.2. The number of nitrogens with one attached hydrogen (secondary N) is 1. The summed E-state index contributed by atoms with van der Waals surface area (Å²) in [4.78, 5) is 13.7. The summed E-state index contributed by atoms with van der Waals surface area (Å²) in [6.45, 7) is 0.0119. The van der Waals surface area contributed by atoms with Crippen LogP contribution in [0.1, 0.15) is 45.9 Å². The lowest BCUT2D eigenvalue weighted by Crippen LogP contribution is -2.35. The maximum atomic E-state index is 13.7. The number of halogens is 1. The number of hydrogen-bond donors (Lipinski definition) is 1. The predicted octanol–water partition coefficient (Wildman–Crippen LogP) is 5.13. The molecule has 3 aromatic carbocycles. The second-order valence-corrected chi connectivity index (χ2v) is 11.1. The molecule has 0 heterocycles. The third-order valence-electron chi connectivity index (χ3n) is 6.33. The molecule has 1 amide bonds. The van der Waals surface area contributed by atoms with Gasteiger partial charge in [0.25, 0.3) is 5.91 Å². The van der Waals surface area contributed by atoms with Crippen LogP contribution in [0.4, 0.5) is 5.69 Å². The van der Waals surface area contributed by atoms with Crippen molar-refractivity contribution in [3.63, 3.8) is 0 Å². The third kappa shape index (κ3) is 5.60. The molecule has 190 valence electrons. The van der Waals surface area contributed by atoms with Gasteiger partial charge in [-0.15, -0.1) is 0 Å². The number of ether oxygens (including phenoxy) is 2. The number of sulfonamides is 1. The van der Waals surface area contributed by atoms with Gasteiger partial charge in [0.15, 0.2) is 11.5 Å². The van der Waals surface area contributed by atoms with Crippen LogP contribution in [0.3, 0.4) is 0 Å². The molecule has 1 atom stereocenters. The van der Waals surface area contributed by atoms with Gasteiger partial charge in [-0.05, 0) is 54.2 Å². The first-order valence-electron chi connectivity index (χ1n) is 11.6. The van der Waals surface area contributed by atoms with Gasteiger partial charge in [-0.1, -0.05) is 48.0 Å². The van der Waals surface area contributed by atoms with Crippen LogP contribution in [0, 0.1) is 0 Å². The Balaban J connectivity index is 1.78. The number of nitrogens with zero attached hydrogens (tertiary/aromatic N) is 1. The quantitative estimate of drug-likeness (QED) is 0.438. The monoisotopic (exact) mass is 528 g/mol. The van der Waals surface area contributed by atoms with E-state index in [1.165, 1.54) is 36.2 Å². The maximum Gasteiger partial charge on any atom is 0.254 e. The van der Waals surface area contributed by atoms with Gasteiger partial charge in [0.2, 0.25) is 10.0 Å². The summed E-state index contributed by atoms with van der Waals surface area (Å²) in [5.41, 5.74) is 3.39. The number of methoxy groups -OCH3 is 2. The Morgan fingerprint density at radius 1 is 1.06 bits per heavy atom. The molecule has 7 nitrogen and oxygen atoms in total. The van der Waals surface area contributed by atoms with Gasteiger partial charge in [-0.3, -0.25) is 9.10 Å². The summed E-state index contributed by atoms with van der Waals surface area (Å²) in [6, 6.07) is 17.8. The third-order valence-corrected chi connectivity index (χ3v) is 7.71. The molecule has 0 aromatic heterocycles. The van der Waals surface area contributed by atoms with Crippen molar-refractivity contribution in [3.8, 4) is 11.5 Å². The van der Waals surface area contributed by atoms with E-state index in [1.807, 2.05) is 18.2 Å². The van der Waals surface area contributed by atoms with Gasteiger partial charge in [0, 0.05) is 11.1 Å². The second kappa shape index (κ2) is 10.8. The maximum absolute atomic E-state index is 13.7. The highest BCUT2D eigenvalue weighted by Crippen LogP contribution is 2.38. The molecule has 3 aromatic rings. The largest absolute Gasteiger partial charge is 0.493 e. The summed E-state index contributed by atoms with van der Waals surface area (Å²) in [5.74, 6) is 0.254. The van der Waals surface area contributed by atoms with Crippen LogP contribution in [0.2, 0.25) is 5.02 Å². The van der Waals surface area contributed by atoms with Gasteiger partial charge >= 0.3 is 0 Å². The van der Waals surface area contributed by atoms with E-state index < -0.39 is 15.9 Å². The van der Waals surface area contributed by atoms with Crippen LogP contribution in [0.5, 0.6) is 11.5 Å². The molecule has 9 heteroatoms. The number of fused-ring (bicyclic) bond motifs is 1. The van der Waals surface area contributed by atoms with E-state index in [4.69, 9.17) is 21.1 Å².